The Balaban J connectivity index is 1.95. The van der Waals surface area contributed by atoms with Gasteiger partial charge in [-0.3, -0.25) is 0 Å². The van der Waals surface area contributed by atoms with Crippen LogP contribution in [0.4, 0.5) is 0 Å². The summed E-state index contributed by atoms with van der Waals surface area (Å²) in [5.41, 5.74) is 1.82. The Hall–Kier alpha value is -1.93. The minimum atomic E-state index is -3.01. The molecule has 6 nitrogen and oxygen atoms in total. The quantitative estimate of drug-likeness (QED) is 0.569. The summed E-state index contributed by atoms with van der Waals surface area (Å²) in [6.45, 7) is 5.98. The highest BCUT2D eigenvalue weighted by molar-refractivity contribution is 7.89. The van der Waals surface area contributed by atoms with E-state index >= 15 is 0 Å². The molecule has 1 aromatic carbocycles. The van der Waals surface area contributed by atoms with E-state index in [1.165, 1.54) is 11.1 Å². The second-order valence-electron chi connectivity index (χ2n) is 5.80. The van der Waals surface area contributed by atoms with Gasteiger partial charge in [0.15, 0.2) is 15.8 Å². The Labute approximate surface area is 153 Å². The predicted octanol–water partition coefficient (Wildman–Crippen LogP) is 2.25. The minimum absolute atomic E-state index is 0.0635. The van der Waals surface area contributed by atoms with E-state index in [1.807, 2.05) is 44.3 Å². The average molecular weight is 381 g/mol. The second-order valence-corrected chi connectivity index (χ2v) is 9.26. The SMILES string of the molecule is CCNC(=NCc1ccc(CS(C)(=O)=O)cc1)NCc1ncc(C)s1. The summed E-state index contributed by atoms with van der Waals surface area (Å²) < 4.78 is 22.6. The third-order valence-corrected chi connectivity index (χ3v) is 5.06. The van der Waals surface area contributed by atoms with Crippen LogP contribution in [0.5, 0.6) is 0 Å². The number of rotatable bonds is 7. The van der Waals surface area contributed by atoms with Crippen LogP contribution >= 0.6 is 11.3 Å². The highest BCUT2D eigenvalue weighted by Gasteiger charge is 2.05. The summed E-state index contributed by atoms with van der Waals surface area (Å²) in [5.74, 6) is 0.795. The van der Waals surface area contributed by atoms with Crippen molar-refractivity contribution in [1.82, 2.24) is 15.6 Å². The molecule has 0 radical (unpaired) electrons. The van der Waals surface area contributed by atoms with Crippen molar-refractivity contribution in [3.63, 3.8) is 0 Å². The molecule has 0 atom stereocenters. The maximum absolute atomic E-state index is 11.3. The molecule has 2 N–H and O–H groups in total. The normalized spacial score (nSPS) is 12.2. The molecule has 0 spiro atoms. The first kappa shape index (κ1) is 19.4. The Morgan fingerprint density at radius 2 is 1.88 bits per heavy atom. The molecule has 0 aliphatic carbocycles. The lowest BCUT2D eigenvalue weighted by Crippen LogP contribution is -2.36. The van der Waals surface area contributed by atoms with Crippen LogP contribution in [0.15, 0.2) is 35.5 Å². The average Bonchev–Trinajstić information content (AvgIpc) is 2.95. The molecule has 0 aliphatic heterocycles. The lowest BCUT2D eigenvalue weighted by atomic mass is 10.1. The van der Waals surface area contributed by atoms with Gasteiger partial charge in [0.1, 0.15) is 5.01 Å². The van der Waals surface area contributed by atoms with E-state index in [4.69, 9.17) is 0 Å². The van der Waals surface area contributed by atoms with Crippen LogP contribution in [0.1, 0.15) is 27.9 Å². The number of nitrogens with zero attached hydrogens (tertiary/aromatic N) is 2. The number of aliphatic imine (C=N–C) groups is 1. The molecule has 25 heavy (non-hydrogen) atoms. The number of aryl methyl sites for hydroxylation is 1. The first-order valence-electron chi connectivity index (χ1n) is 8.05. The van der Waals surface area contributed by atoms with Gasteiger partial charge in [-0.05, 0) is 25.0 Å². The molecule has 0 saturated carbocycles. The number of thiazole rings is 1. The standard InChI is InChI=1S/C17H24N4O2S2/c1-4-18-17(21-11-16-19-9-13(2)24-16)20-10-14-5-7-15(8-6-14)12-25(3,22)23/h5-9H,4,10-12H2,1-3H3,(H2,18,20,21). The maximum Gasteiger partial charge on any atom is 0.191 e. The molecule has 0 fully saturated rings. The molecule has 2 aromatic rings. The summed E-state index contributed by atoms with van der Waals surface area (Å²) in [5, 5.41) is 7.50. The predicted molar refractivity (Wildman–Crippen MR) is 103 cm³/mol. The Bertz CT molecular complexity index is 811. The van der Waals surface area contributed by atoms with Gasteiger partial charge in [-0.1, -0.05) is 24.3 Å². The minimum Gasteiger partial charge on any atom is -0.357 e. The van der Waals surface area contributed by atoms with E-state index in [-0.39, 0.29) is 5.75 Å². The molecule has 1 aromatic heterocycles. The van der Waals surface area contributed by atoms with Crippen LogP contribution in [-0.4, -0.2) is 32.2 Å². The fourth-order valence-electron chi connectivity index (χ4n) is 2.20. The van der Waals surface area contributed by atoms with Gasteiger partial charge in [-0.2, -0.15) is 0 Å². The number of guanidine groups is 1. The molecule has 0 saturated heterocycles. The third kappa shape index (κ3) is 7.23. The smallest absolute Gasteiger partial charge is 0.191 e. The Morgan fingerprint density at radius 1 is 1.20 bits per heavy atom. The first-order chi connectivity index (χ1) is 11.9. The molecule has 0 amide bonds. The number of hydrogen-bond acceptors (Lipinski definition) is 5. The van der Waals surface area contributed by atoms with Gasteiger partial charge in [-0.25, -0.2) is 18.4 Å². The van der Waals surface area contributed by atoms with Crippen molar-refractivity contribution >= 4 is 27.1 Å². The lowest BCUT2D eigenvalue weighted by Gasteiger charge is -2.10. The topological polar surface area (TPSA) is 83.5 Å². The van der Waals surface area contributed by atoms with Crippen molar-refractivity contribution in [3.05, 3.63) is 51.5 Å². The summed E-state index contributed by atoms with van der Waals surface area (Å²) in [6, 6.07) is 7.50. The van der Waals surface area contributed by atoms with E-state index in [9.17, 15) is 8.42 Å². The van der Waals surface area contributed by atoms with Gasteiger partial charge in [0.25, 0.3) is 0 Å². The molecular weight excluding hydrogens is 356 g/mol. The number of nitrogens with one attached hydrogen (secondary N) is 2. The van der Waals surface area contributed by atoms with Crippen LogP contribution in [0.3, 0.4) is 0 Å². The van der Waals surface area contributed by atoms with E-state index in [2.05, 4.69) is 20.6 Å². The van der Waals surface area contributed by atoms with Gasteiger partial charge >= 0.3 is 0 Å². The van der Waals surface area contributed by atoms with Crippen LogP contribution in [-0.2, 0) is 28.7 Å². The fraction of sp³-hybridized carbons (Fsp3) is 0.412. The largest absolute Gasteiger partial charge is 0.357 e. The van der Waals surface area contributed by atoms with Gasteiger partial charge in [0.05, 0.1) is 18.8 Å². The van der Waals surface area contributed by atoms with Gasteiger partial charge in [0, 0.05) is 23.9 Å². The number of sulfone groups is 1. The fourth-order valence-corrected chi connectivity index (χ4v) is 3.72. The van der Waals surface area contributed by atoms with Crippen molar-refractivity contribution in [2.45, 2.75) is 32.7 Å². The summed E-state index contributed by atoms with van der Waals surface area (Å²) in [4.78, 5) is 10.1. The van der Waals surface area contributed by atoms with Crippen LogP contribution < -0.4 is 10.6 Å². The Morgan fingerprint density at radius 3 is 2.44 bits per heavy atom. The van der Waals surface area contributed by atoms with E-state index in [0.29, 0.717) is 13.1 Å². The molecule has 0 unspecified atom stereocenters. The monoisotopic (exact) mass is 380 g/mol. The van der Waals surface area contributed by atoms with E-state index < -0.39 is 9.84 Å². The Kier molecular flexibility index (Phi) is 6.95. The van der Waals surface area contributed by atoms with Crippen molar-refractivity contribution in [1.29, 1.82) is 0 Å². The van der Waals surface area contributed by atoms with Crippen molar-refractivity contribution in [3.8, 4) is 0 Å². The first-order valence-corrected chi connectivity index (χ1v) is 10.9. The zero-order valence-corrected chi connectivity index (χ0v) is 16.4. The van der Waals surface area contributed by atoms with Crippen molar-refractivity contribution < 1.29 is 8.42 Å². The van der Waals surface area contributed by atoms with Crippen LogP contribution in [0.25, 0.3) is 0 Å². The zero-order chi connectivity index (χ0) is 18.3. The van der Waals surface area contributed by atoms with Crippen molar-refractivity contribution in [2.24, 2.45) is 4.99 Å². The molecule has 8 heteroatoms. The molecular formula is C17H24N4O2S2. The lowest BCUT2D eigenvalue weighted by molar-refractivity contribution is 0.601. The molecule has 0 aliphatic rings. The van der Waals surface area contributed by atoms with E-state index in [0.717, 1.165) is 28.6 Å². The van der Waals surface area contributed by atoms with Crippen LogP contribution in [0.2, 0.25) is 0 Å². The van der Waals surface area contributed by atoms with E-state index in [1.54, 1.807) is 11.3 Å². The van der Waals surface area contributed by atoms with Gasteiger partial charge in [0.2, 0.25) is 0 Å². The number of hydrogen-bond donors (Lipinski definition) is 2. The number of aromatic nitrogens is 1. The zero-order valence-electron chi connectivity index (χ0n) is 14.7. The molecule has 1 heterocycles. The highest BCUT2D eigenvalue weighted by Crippen LogP contribution is 2.11. The van der Waals surface area contributed by atoms with Crippen molar-refractivity contribution in [2.75, 3.05) is 12.8 Å². The highest BCUT2D eigenvalue weighted by atomic mass is 32.2. The summed E-state index contributed by atoms with van der Waals surface area (Å²) in [7, 11) is -3.01. The second kappa shape index (κ2) is 8.96. The molecule has 136 valence electrons. The maximum atomic E-state index is 11.3. The molecule has 2 rings (SSSR count). The summed E-state index contributed by atoms with van der Waals surface area (Å²) >= 11 is 1.66. The van der Waals surface area contributed by atoms with Crippen LogP contribution in [0, 0.1) is 6.92 Å². The van der Waals surface area contributed by atoms with Gasteiger partial charge in [-0.15, -0.1) is 11.3 Å². The number of benzene rings is 1. The third-order valence-electron chi connectivity index (χ3n) is 3.29. The van der Waals surface area contributed by atoms with Gasteiger partial charge < -0.3 is 10.6 Å². The summed E-state index contributed by atoms with van der Waals surface area (Å²) in [6.07, 6.45) is 3.10. The molecule has 0 bridgehead atoms.